The molecule has 0 aliphatic rings. The summed E-state index contributed by atoms with van der Waals surface area (Å²) in [6.07, 6.45) is 0. The molecular formula is C9H6N2OS2. The zero-order chi connectivity index (χ0) is 10.4. The predicted molar refractivity (Wildman–Crippen MR) is 62.4 cm³/mol. The average molecular weight is 222 g/mol. The van der Waals surface area contributed by atoms with Crippen molar-refractivity contribution in [2.24, 2.45) is 9.98 Å². The van der Waals surface area contributed by atoms with Crippen molar-refractivity contribution in [1.29, 1.82) is 0 Å². The van der Waals surface area contributed by atoms with E-state index in [0.29, 0.717) is 17.1 Å². The fourth-order valence-corrected chi connectivity index (χ4v) is 1.14. The molecule has 70 valence electrons. The van der Waals surface area contributed by atoms with Crippen molar-refractivity contribution in [3.63, 3.8) is 0 Å². The van der Waals surface area contributed by atoms with Crippen LogP contribution in [-0.2, 0) is 0 Å². The molecule has 0 unspecified atom stereocenters. The van der Waals surface area contributed by atoms with E-state index >= 15 is 0 Å². The van der Waals surface area contributed by atoms with Gasteiger partial charge in [-0.3, -0.25) is 0 Å². The molecule has 0 spiro atoms. The van der Waals surface area contributed by atoms with E-state index in [9.17, 15) is 0 Å². The molecular weight excluding hydrogens is 216 g/mol. The maximum atomic E-state index is 5.06. The first-order chi connectivity index (χ1) is 6.81. The maximum Gasteiger partial charge on any atom is 0.145 e. The lowest BCUT2D eigenvalue weighted by molar-refractivity contribution is 0.416. The van der Waals surface area contributed by atoms with Gasteiger partial charge in [0.2, 0.25) is 0 Å². The lowest BCUT2D eigenvalue weighted by Crippen LogP contribution is -1.82. The standard InChI is InChI=1S/C9H6N2OS2/c1-12-9-3-2-7(10-5-13)4-8(9)11-6-14/h2-4H,1H3. The number of methoxy groups -OCH3 is 1. The van der Waals surface area contributed by atoms with Gasteiger partial charge in [0.05, 0.1) is 23.1 Å². The lowest BCUT2D eigenvalue weighted by Gasteiger charge is -2.02. The maximum absolute atomic E-state index is 5.06. The summed E-state index contributed by atoms with van der Waals surface area (Å²) in [6, 6.07) is 5.18. The SMILES string of the molecule is COc1ccc(N=C=S)cc1N=C=S. The van der Waals surface area contributed by atoms with Crippen LogP contribution in [0.25, 0.3) is 0 Å². The Hall–Kier alpha value is -1.38. The Balaban J connectivity index is 3.26. The number of ether oxygens (including phenoxy) is 1. The summed E-state index contributed by atoms with van der Waals surface area (Å²) in [5, 5.41) is 4.54. The van der Waals surface area contributed by atoms with Crippen molar-refractivity contribution in [3.05, 3.63) is 18.2 Å². The molecule has 0 aromatic heterocycles. The van der Waals surface area contributed by atoms with E-state index in [-0.39, 0.29) is 0 Å². The van der Waals surface area contributed by atoms with Crippen LogP contribution in [0, 0.1) is 0 Å². The van der Waals surface area contributed by atoms with Crippen molar-refractivity contribution in [1.82, 2.24) is 0 Å². The molecule has 1 aromatic rings. The molecule has 0 heterocycles. The highest BCUT2D eigenvalue weighted by Crippen LogP contribution is 2.30. The minimum absolute atomic E-state index is 0.578. The fraction of sp³-hybridized carbons (Fsp3) is 0.111. The van der Waals surface area contributed by atoms with Gasteiger partial charge in [0.25, 0.3) is 0 Å². The topological polar surface area (TPSA) is 34.0 Å². The Morgan fingerprint density at radius 2 is 1.93 bits per heavy atom. The summed E-state index contributed by atoms with van der Waals surface area (Å²) >= 11 is 9.00. The van der Waals surface area contributed by atoms with Gasteiger partial charge in [0, 0.05) is 0 Å². The van der Waals surface area contributed by atoms with Crippen molar-refractivity contribution in [2.75, 3.05) is 7.11 Å². The summed E-state index contributed by atoms with van der Waals surface area (Å²) < 4.78 is 5.06. The van der Waals surface area contributed by atoms with Gasteiger partial charge in [-0.2, -0.15) is 9.98 Å². The van der Waals surface area contributed by atoms with Gasteiger partial charge in [-0.15, -0.1) is 0 Å². The first kappa shape index (κ1) is 10.7. The van der Waals surface area contributed by atoms with Crippen LogP contribution in [0.5, 0.6) is 5.75 Å². The summed E-state index contributed by atoms with van der Waals surface area (Å²) in [5.41, 5.74) is 1.24. The number of rotatable bonds is 3. The molecule has 0 atom stereocenters. The quantitative estimate of drug-likeness (QED) is 0.582. The van der Waals surface area contributed by atoms with Crippen LogP contribution in [0.15, 0.2) is 28.2 Å². The van der Waals surface area contributed by atoms with Gasteiger partial charge in [-0.1, -0.05) is 0 Å². The van der Waals surface area contributed by atoms with E-state index in [1.54, 1.807) is 25.3 Å². The molecule has 14 heavy (non-hydrogen) atoms. The summed E-state index contributed by atoms with van der Waals surface area (Å²) in [5.74, 6) is 0.616. The van der Waals surface area contributed by atoms with E-state index in [4.69, 9.17) is 4.74 Å². The monoisotopic (exact) mass is 222 g/mol. The molecule has 0 saturated heterocycles. The number of hydrogen-bond acceptors (Lipinski definition) is 5. The first-order valence-electron chi connectivity index (χ1n) is 3.65. The molecule has 0 N–H and O–H groups in total. The highest BCUT2D eigenvalue weighted by molar-refractivity contribution is 7.78. The Morgan fingerprint density at radius 3 is 2.50 bits per heavy atom. The van der Waals surface area contributed by atoms with Crippen LogP contribution in [-0.4, -0.2) is 17.4 Å². The minimum atomic E-state index is 0.578. The minimum Gasteiger partial charge on any atom is -0.494 e. The van der Waals surface area contributed by atoms with Gasteiger partial charge in [-0.25, -0.2) is 0 Å². The third-order valence-electron chi connectivity index (χ3n) is 1.50. The van der Waals surface area contributed by atoms with Gasteiger partial charge < -0.3 is 4.74 Å². The van der Waals surface area contributed by atoms with E-state index in [2.05, 4.69) is 44.7 Å². The van der Waals surface area contributed by atoms with Gasteiger partial charge in [0.1, 0.15) is 11.4 Å². The number of benzene rings is 1. The summed E-state index contributed by atoms with van der Waals surface area (Å²) in [4.78, 5) is 7.65. The van der Waals surface area contributed by atoms with Crippen molar-refractivity contribution >= 4 is 46.1 Å². The second kappa shape index (κ2) is 5.37. The van der Waals surface area contributed by atoms with Crippen LogP contribution >= 0.6 is 24.4 Å². The number of hydrogen-bond donors (Lipinski definition) is 0. The van der Waals surface area contributed by atoms with Crippen LogP contribution in [0.4, 0.5) is 11.4 Å². The molecule has 0 bridgehead atoms. The average Bonchev–Trinajstić information content (AvgIpc) is 2.19. The number of isothiocyanates is 2. The molecule has 0 fully saturated rings. The van der Waals surface area contributed by atoms with E-state index in [1.165, 1.54) is 0 Å². The van der Waals surface area contributed by atoms with E-state index in [0.717, 1.165) is 0 Å². The number of nitrogens with zero attached hydrogens (tertiary/aromatic N) is 2. The van der Waals surface area contributed by atoms with E-state index < -0.39 is 0 Å². The Morgan fingerprint density at radius 1 is 1.21 bits per heavy atom. The van der Waals surface area contributed by atoms with Crippen molar-refractivity contribution < 1.29 is 4.74 Å². The fourth-order valence-electron chi connectivity index (χ4n) is 0.937. The molecule has 0 aliphatic carbocycles. The lowest BCUT2D eigenvalue weighted by atomic mass is 10.2. The third kappa shape index (κ3) is 2.55. The van der Waals surface area contributed by atoms with Crippen molar-refractivity contribution in [3.8, 4) is 5.75 Å². The highest BCUT2D eigenvalue weighted by Gasteiger charge is 2.01. The van der Waals surface area contributed by atoms with Crippen LogP contribution in [0.3, 0.4) is 0 Å². The molecule has 0 aliphatic heterocycles. The summed E-state index contributed by atoms with van der Waals surface area (Å²) in [7, 11) is 1.56. The zero-order valence-corrected chi connectivity index (χ0v) is 8.98. The van der Waals surface area contributed by atoms with Gasteiger partial charge in [0.15, 0.2) is 0 Å². The molecule has 0 radical (unpaired) electrons. The molecule has 3 nitrogen and oxygen atoms in total. The number of aliphatic imine (C=N–C) groups is 2. The second-order valence-corrected chi connectivity index (χ2v) is 2.63. The smallest absolute Gasteiger partial charge is 0.145 e. The van der Waals surface area contributed by atoms with Gasteiger partial charge in [-0.05, 0) is 42.6 Å². The molecule has 1 rings (SSSR count). The van der Waals surface area contributed by atoms with Crippen LogP contribution in [0.1, 0.15) is 0 Å². The third-order valence-corrected chi connectivity index (χ3v) is 1.69. The highest BCUT2D eigenvalue weighted by atomic mass is 32.1. The Kier molecular flexibility index (Phi) is 4.11. The second-order valence-electron chi connectivity index (χ2n) is 2.26. The Labute approximate surface area is 92.1 Å². The molecule has 0 amide bonds. The Bertz CT molecular complexity index is 432. The predicted octanol–water partition coefficient (Wildman–Crippen LogP) is 3.16. The van der Waals surface area contributed by atoms with Gasteiger partial charge >= 0.3 is 0 Å². The normalized spacial score (nSPS) is 8.36. The zero-order valence-electron chi connectivity index (χ0n) is 7.35. The first-order valence-corrected chi connectivity index (χ1v) is 4.47. The molecule has 5 heteroatoms. The molecule has 0 saturated carbocycles. The van der Waals surface area contributed by atoms with Crippen LogP contribution < -0.4 is 4.74 Å². The largest absolute Gasteiger partial charge is 0.494 e. The number of thiocarbonyl (C=S) groups is 2. The van der Waals surface area contributed by atoms with E-state index in [1.807, 2.05) is 0 Å². The van der Waals surface area contributed by atoms with Crippen molar-refractivity contribution in [2.45, 2.75) is 0 Å². The molecule has 1 aromatic carbocycles. The summed E-state index contributed by atoms with van der Waals surface area (Å²) in [6.45, 7) is 0. The van der Waals surface area contributed by atoms with Crippen LogP contribution in [0.2, 0.25) is 0 Å².